The first-order valence-electron chi connectivity index (χ1n) is 12.8. The number of benzene rings is 1. The number of hydrogen-bond acceptors (Lipinski definition) is 3. The van der Waals surface area contributed by atoms with E-state index in [9.17, 15) is 0 Å². The minimum absolute atomic E-state index is 0.658. The zero-order valence-corrected chi connectivity index (χ0v) is 19.7. The summed E-state index contributed by atoms with van der Waals surface area (Å²) in [7, 11) is 1.99. The van der Waals surface area contributed by atoms with Gasteiger partial charge in [-0.25, -0.2) is 9.97 Å². The second-order valence-electron chi connectivity index (χ2n) is 10.1. The maximum atomic E-state index is 4.73. The number of hydrogen-bond donors (Lipinski definition) is 1. The summed E-state index contributed by atoms with van der Waals surface area (Å²) in [5.41, 5.74) is 3.81. The molecule has 0 aliphatic heterocycles. The van der Waals surface area contributed by atoms with Crippen molar-refractivity contribution in [2.45, 2.75) is 83.5 Å². The standard InChI is InChI=1S/C28H41N3/c1-3-4-21-5-9-23(10-6-21)24-13-15-25(16-14-24)27-19-30-28(31-20-27)26-11-7-22(8-12-26)17-18-29-2/h7-8,11-12,19-21,23-25,29H,3-6,9-10,13-18H2,1-2H3. The number of likely N-dealkylation sites (N-methyl/N-ethyl adjacent to an activating group) is 1. The predicted octanol–water partition coefficient (Wildman–Crippen LogP) is 6.79. The Kier molecular flexibility index (Phi) is 8.13. The summed E-state index contributed by atoms with van der Waals surface area (Å²) in [5.74, 6) is 4.51. The first kappa shape index (κ1) is 22.5. The first-order valence-corrected chi connectivity index (χ1v) is 12.8. The fourth-order valence-corrected chi connectivity index (χ4v) is 6.07. The van der Waals surface area contributed by atoms with Crippen molar-refractivity contribution in [3.8, 4) is 11.4 Å². The average molecular weight is 420 g/mol. The van der Waals surface area contributed by atoms with E-state index in [1.165, 1.54) is 75.3 Å². The summed E-state index contributed by atoms with van der Waals surface area (Å²) in [5, 5.41) is 3.20. The SMILES string of the molecule is CCCC1CCC(C2CCC(c3cnc(-c4ccc(CCNC)cc4)nc3)CC2)CC1. The monoisotopic (exact) mass is 419 g/mol. The molecule has 1 heterocycles. The molecule has 2 aliphatic carbocycles. The molecule has 0 saturated heterocycles. The number of nitrogens with zero attached hydrogens (tertiary/aromatic N) is 2. The van der Waals surface area contributed by atoms with Gasteiger partial charge in [0.1, 0.15) is 0 Å². The Morgan fingerprint density at radius 1 is 0.839 bits per heavy atom. The van der Waals surface area contributed by atoms with Crippen LogP contribution in [0.15, 0.2) is 36.7 Å². The molecule has 2 fully saturated rings. The van der Waals surface area contributed by atoms with Gasteiger partial charge in [-0.2, -0.15) is 0 Å². The van der Waals surface area contributed by atoms with Crippen molar-refractivity contribution in [2.75, 3.05) is 13.6 Å². The number of aromatic nitrogens is 2. The lowest BCUT2D eigenvalue weighted by Gasteiger charge is -2.38. The molecular formula is C28H41N3. The normalized spacial score (nSPS) is 26.6. The minimum Gasteiger partial charge on any atom is -0.319 e. The van der Waals surface area contributed by atoms with Crippen molar-refractivity contribution >= 4 is 0 Å². The molecule has 0 bridgehead atoms. The smallest absolute Gasteiger partial charge is 0.159 e. The summed E-state index contributed by atoms with van der Waals surface area (Å²) in [6.45, 7) is 3.35. The van der Waals surface area contributed by atoms with Crippen LogP contribution >= 0.6 is 0 Å². The molecule has 2 saturated carbocycles. The molecule has 3 heteroatoms. The highest BCUT2D eigenvalue weighted by Gasteiger charge is 2.31. The van der Waals surface area contributed by atoms with Gasteiger partial charge in [0.05, 0.1) is 0 Å². The third kappa shape index (κ3) is 5.94. The van der Waals surface area contributed by atoms with Gasteiger partial charge in [0.2, 0.25) is 0 Å². The lowest BCUT2D eigenvalue weighted by atomic mass is 9.68. The van der Waals surface area contributed by atoms with Crippen LogP contribution in [0, 0.1) is 17.8 Å². The molecule has 4 rings (SSSR count). The quantitative estimate of drug-likeness (QED) is 0.512. The number of nitrogens with one attached hydrogen (secondary N) is 1. The second-order valence-corrected chi connectivity index (χ2v) is 10.1. The molecule has 2 aromatic rings. The van der Waals surface area contributed by atoms with Crippen LogP contribution < -0.4 is 5.32 Å². The van der Waals surface area contributed by atoms with Crippen molar-refractivity contribution in [2.24, 2.45) is 17.8 Å². The largest absolute Gasteiger partial charge is 0.319 e. The Morgan fingerprint density at radius 3 is 2.03 bits per heavy atom. The van der Waals surface area contributed by atoms with Gasteiger partial charge in [-0.3, -0.25) is 0 Å². The van der Waals surface area contributed by atoms with E-state index in [0.717, 1.165) is 42.1 Å². The van der Waals surface area contributed by atoms with Gasteiger partial charge in [-0.15, -0.1) is 0 Å². The Hall–Kier alpha value is -1.74. The van der Waals surface area contributed by atoms with E-state index in [-0.39, 0.29) is 0 Å². The van der Waals surface area contributed by atoms with E-state index in [1.54, 1.807) is 0 Å². The van der Waals surface area contributed by atoms with E-state index in [4.69, 9.17) is 9.97 Å². The molecule has 0 radical (unpaired) electrons. The van der Waals surface area contributed by atoms with E-state index in [0.29, 0.717) is 5.92 Å². The van der Waals surface area contributed by atoms with Gasteiger partial charge in [0, 0.05) is 18.0 Å². The van der Waals surface area contributed by atoms with Crippen molar-refractivity contribution < 1.29 is 0 Å². The zero-order chi connectivity index (χ0) is 21.5. The van der Waals surface area contributed by atoms with Crippen LogP contribution in [0.2, 0.25) is 0 Å². The maximum Gasteiger partial charge on any atom is 0.159 e. The fraction of sp³-hybridized carbons (Fsp3) is 0.643. The Labute approximate surface area is 189 Å². The average Bonchev–Trinajstić information content (AvgIpc) is 2.84. The number of rotatable bonds is 8. The predicted molar refractivity (Wildman–Crippen MR) is 130 cm³/mol. The van der Waals surface area contributed by atoms with Gasteiger partial charge in [0.25, 0.3) is 0 Å². The van der Waals surface area contributed by atoms with Gasteiger partial charge in [-0.1, -0.05) is 56.9 Å². The molecule has 168 valence electrons. The molecule has 0 atom stereocenters. The lowest BCUT2D eigenvalue weighted by molar-refractivity contribution is 0.156. The van der Waals surface area contributed by atoms with Crippen molar-refractivity contribution in [1.82, 2.24) is 15.3 Å². The van der Waals surface area contributed by atoms with Crippen LogP contribution in [0.1, 0.15) is 88.2 Å². The molecule has 31 heavy (non-hydrogen) atoms. The third-order valence-electron chi connectivity index (χ3n) is 8.05. The highest BCUT2D eigenvalue weighted by Crippen LogP contribution is 2.44. The van der Waals surface area contributed by atoms with Gasteiger partial charge >= 0.3 is 0 Å². The van der Waals surface area contributed by atoms with Gasteiger partial charge < -0.3 is 5.32 Å². The topological polar surface area (TPSA) is 37.8 Å². The molecule has 1 aromatic heterocycles. The summed E-state index contributed by atoms with van der Waals surface area (Å²) in [4.78, 5) is 9.45. The highest BCUT2D eigenvalue weighted by molar-refractivity contribution is 5.55. The van der Waals surface area contributed by atoms with E-state index < -0.39 is 0 Å². The maximum absolute atomic E-state index is 4.73. The molecule has 1 N–H and O–H groups in total. The van der Waals surface area contributed by atoms with Gasteiger partial charge in [-0.05, 0) is 93.3 Å². The molecular weight excluding hydrogens is 378 g/mol. The summed E-state index contributed by atoms with van der Waals surface area (Å²) in [6, 6.07) is 8.70. The van der Waals surface area contributed by atoms with Crippen molar-refractivity contribution in [3.05, 3.63) is 47.8 Å². The van der Waals surface area contributed by atoms with Crippen LogP contribution in [0.3, 0.4) is 0 Å². The lowest BCUT2D eigenvalue weighted by Crippen LogP contribution is -2.25. The first-order chi connectivity index (χ1) is 15.3. The molecule has 0 unspecified atom stereocenters. The van der Waals surface area contributed by atoms with Crippen molar-refractivity contribution in [1.29, 1.82) is 0 Å². The van der Waals surface area contributed by atoms with Crippen LogP contribution in [0.4, 0.5) is 0 Å². The molecule has 1 aromatic carbocycles. The van der Waals surface area contributed by atoms with Crippen LogP contribution in [0.5, 0.6) is 0 Å². The Morgan fingerprint density at radius 2 is 1.45 bits per heavy atom. The minimum atomic E-state index is 0.658. The summed E-state index contributed by atoms with van der Waals surface area (Å²) in [6.07, 6.45) is 19.5. The molecule has 0 amide bonds. The Balaban J connectivity index is 1.27. The summed E-state index contributed by atoms with van der Waals surface area (Å²) >= 11 is 0. The van der Waals surface area contributed by atoms with E-state index in [1.807, 2.05) is 7.05 Å². The molecule has 2 aliphatic rings. The second kappa shape index (κ2) is 11.2. The summed E-state index contributed by atoms with van der Waals surface area (Å²) < 4.78 is 0. The molecule has 0 spiro atoms. The van der Waals surface area contributed by atoms with Crippen LogP contribution in [-0.2, 0) is 6.42 Å². The zero-order valence-electron chi connectivity index (χ0n) is 19.7. The third-order valence-corrected chi connectivity index (χ3v) is 8.05. The van der Waals surface area contributed by atoms with Crippen molar-refractivity contribution in [3.63, 3.8) is 0 Å². The highest BCUT2D eigenvalue weighted by atomic mass is 14.9. The van der Waals surface area contributed by atoms with Gasteiger partial charge in [0.15, 0.2) is 5.82 Å². The van der Waals surface area contributed by atoms with Crippen LogP contribution in [-0.4, -0.2) is 23.6 Å². The Bertz CT molecular complexity index is 767. The van der Waals surface area contributed by atoms with Crippen LogP contribution in [0.25, 0.3) is 11.4 Å². The van der Waals surface area contributed by atoms with E-state index in [2.05, 4.69) is 48.9 Å². The fourth-order valence-electron chi connectivity index (χ4n) is 6.07. The van der Waals surface area contributed by atoms with E-state index >= 15 is 0 Å². The molecule has 3 nitrogen and oxygen atoms in total.